The maximum Gasteiger partial charge on any atom is 0.341 e. The fraction of sp³-hybridized carbons (Fsp3) is 0.128. The van der Waals surface area contributed by atoms with Crippen LogP contribution in [0.3, 0.4) is 0 Å². The Morgan fingerprint density at radius 3 is 2.28 bits per heavy atom. The summed E-state index contributed by atoms with van der Waals surface area (Å²) in [7, 11) is 0. The van der Waals surface area contributed by atoms with E-state index in [1.807, 2.05) is 79.0 Å². The Bertz CT molecular complexity index is 2010. The molecule has 1 atom stereocenters. The molecular weight excluding hydrogens is 734 g/mol. The number of hydrogen-bond acceptors (Lipinski definition) is 7. The van der Waals surface area contributed by atoms with Crippen molar-refractivity contribution in [3.05, 3.63) is 141 Å². The van der Waals surface area contributed by atoms with E-state index in [0.29, 0.717) is 39.4 Å². The summed E-state index contributed by atoms with van der Waals surface area (Å²) in [6.07, 6.45) is 2.11. The monoisotopic (exact) mass is 767 g/mol. The van der Waals surface area contributed by atoms with E-state index < -0.39 is 23.0 Å². The van der Waals surface area contributed by atoms with E-state index in [4.69, 9.17) is 4.74 Å². The van der Waals surface area contributed by atoms with E-state index in [1.54, 1.807) is 55.5 Å². The second kappa shape index (κ2) is 17.6. The molecule has 254 valence electrons. The largest absolute Gasteiger partial charge is 0.462 e. The van der Waals surface area contributed by atoms with Gasteiger partial charge in [0.1, 0.15) is 16.3 Å². The highest BCUT2D eigenvalue weighted by Gasteiger charge is 2.26. The number of esters is 1. The zero-order valence-corrected chi connectivity index (χ0v) is 30.5. The van der Waals surface area contributed by atoms with E-state index in [0.717, 1.165) is 14.9 Å². The second-order valence-electron chi connectivity index (χ2n) is 10.9. The summed E-state index contributed by atoms with van der Waals surface area (Å²) in [6.45, 7) is 3.86. The van der Waals surface area contributed by atoms with Crippen molar-refractivity contribution in [2.75, 3.05) is 17.2 Å². The first kappa shape index (κ1) is 36.3. The van der Waals surface area contributed by atoms with E-state index in [-0.39, 0.29) is 18.2 Å². The summed E-state index contributed by atoms with van der Waals surface area (Å²) < 4.78 is 6.17. The third-order valence-electron chi connectivity index (χ3n) is 7.31. The molecule has 8 nitrogen and oxygen atoms in total. The number of rotatable bonds is 13. The van der Waals surface area contributed by atoms with Crippen LogP contribution in [0.5, 0.6) is 0 Å². The molecule has 5 rings (SSSR count). The smallest absolute Gasteiger partial charge is 0.341 e. The van der Waals surface area contributed by atoms with Crippen LogP contribution in [0.15, 0.2) is 130 Å². The van der Waals surface area contributed by atoms with Crippen LogP contribution < -0.4 is 16.0 Å². The molecule has 1 heterocycles. The van der Waals surface area contributed by atoms with Gasteiger partial charge in [-0.05, 0) is 73.0 Å². The Morgan fingerprint density at radius 2 is 1.58 bits per heavy atom. The minimum atomic E-state index is -0.514. The third kappa shape index (κ3) is 9.59. The molecule has 50 heavy (non-hydrogen) atoms. The van der Waals surface area contributed by atoms with Crippen molar-refractivity contribution in [3.63, 3.8) is 0 Å². The van der Waals surface area contributed by atoms with Gasteiger partial charge in [-0.3, -0.25) is 14.4 Å². The number of hydrogen-bond donors (Lipinski definition) is 3. The lowest BCUT2D eigenvalue weighted by atomic mass is 10.0. The molecule has 1 aromatic heterocycles. The Hall–Kier alpha value is -4.97. The Balaban J connectivity index is 1.32. The molecule has 0 radical (unpaired) electrons. The fourth-order valence-corrected chi connectivity index (χ4v) is 7.31. The van der Waals surface area contributed by atoms with Crippen LogP contribution in [0.4, 0.5) is 10.7 Å². The quantitative estimate of drug-likeness (QED) is 0.0626. The molecule has 0 spiro atoms. The number of nitrogens with one attached hydrogen (secondary N) is 3. The lowest BCUT2D eigenvalue weighted by molar-refractivity contribution is -0.116. The molecule has 0 saturated carbocycles. The maximum atomic E-state index is 13.6. The zero-order valence-electron chi connectivity index (χ0n) is 27.3. The number of thioether (sulfide) groups is 1. The molecule has 11 heteroatoms. The Morgan fingerprint density at radius 1 is 0.860 bits per heavy atom. The lowest BCUT2D eigenvalue weighted by Gasteiger charge is -2.16. The molecule has 0 aliphatic carbocycles. The van der Waals surface area contributed by atoms with E-state index >= 15 is 0 Å². The number of carbonyl (C=O) groups excluding carboxylic acids is 4. The molecule has 0 aliphatic heterocycles. The highest BCUT2D eigenvalue weighted by atomic mass is 79.9. The van der Waals surface area contributed by atoms with Crippen molar-refractivity contribution in [1.29, 1.82) is 0 Å². The van der Waals surface area contributed by atoms with Crippen molar-refractivity contribution in [3.8, 4) is 11.1 Å². The van der Waals surface area contributed by atoms with Gasteiger partial charge in [0.05, 0.1) is 11.9 Å². The zero-order chi connectivity index (χ0) is 35.5. The predicted octanol–water partition coefficient (Wildman–Crippen LogP) is 9.27. The highest BCUT2D eigenvalue weighted by Crippen LogP contribution is 2.37. The summed E-state index contributed by atoms with van der Waals surface area (Å²) in [6, 6.07) is 32.7. The van der Waals surface area contributed by atoms with Gasteiger partial charge in [0.25, 0.3) is 11.8 Å². The number of halogens is 1. The molecule has 5 aromatic rings. The Labute approximate surface area is 307 Å². The van der Waals surface area contributed by atoms with Crippen molar-refractivity contribution in [2.24, 2.45) is 0 Å². The first-order valence-corrected chi connectivity index (χ1v) is 18.4. The summed E-state index contributed by atoms with van der Waals surface area (Å²) in [5.74, 6) is -1.70. The van der Waals surface area contributed by atoms with Crippen molar-refractivity contribution >= 4 is 79.5 Å². The molecule has 0 aliphatic rings. The van der Waals surface area contributed by atoms with Gasteiger partial charge in [-0.1, -0.05) is 89.6 Å². The van der Waals surface area contributed by atoms with Crippen molar-refractivity contribution in [1.82, 2.24) is 5.32 Å². The van der Waals surface area contributed by atoms with Gasteiger partial charge in [0.15, 0.2) is 0 Å². The van der Waals surface area contributed by atoms with Crippen LogP contribution in [0.25, 0.3) is 17.2 Å². The highest BCUT2D eigenvalue weighted by molar-refractivity contribution is 9.10. The van der Waals surface area contributed by atoms with Crippen molar-refractivity contribution < 1.29 is 23.9 Å². The number of anilines is 2. The minimum absolute atomic E-state index is 0.0593. The first-order valence-electron chi connectivity index (χ1n) is 15.8. The van der Waals surface area contributed by atoms with Gasteiger partial charge in [-0.15, -0.1) is 23.1 Å². The summed E-state index contributed by atoms with van der Waals surface area (Å²) >= 11 is 6.07. The standard InChI is InChI=1S/C39H34BrN3O5S2/c1-3-33(37(46)43-38-34(39(47)48-4-2)31(24-49-38)26-14-7-5-8-15-26)50-30-20-12-19-29(23-30)41-36(45)32(22-25-13-11-18-28(40)21-25)42-35(44)27-16-9-6-10-17-27/h5-24,33H,3-4H2,1-2H3,(H,41,45)(H,42,44)(H,43,46)/b32-22+. The SMILES string of the molecule is CCOC(=O)c1c(-c2ccccc2)csc1NC(=O)C(CC)Sc1cccc(NC(=O)/C(=C\c2cccc(Br)c2)NC(=O)c2ccccc2)c1. The normalized spacial score (nSPS) is 11.7. The third-order valence-corrected chi connectivity index (χ3v) is 10.1. The average molecular weight is 769 g/mol. The van der Waals surface area contributed by atoms with E-state index in [2.05, 4.69) is 31.9 Å². The van der Waals surface area contributed by atoms with Crippen LogP contribution in [-0.2, 0) is 14.3 Å². The molecule has 4 aromatic carbocycles. The van der Waals surface area contributed by atoms with E-state index in [1.165, 1.54) is 23.1 Å². The van der Waals surface area contributed by atoms with Crippen LogP contribution in [-0.4, -0.2) is 35.5 Å². The second-order valence-corrected chi connectivity index (χ2v) is 13.9. The Kier molecular flexibility index (Phi) is 12.8. The van der Waals surface area contributed by atoms with Crippen LogP contribution in [0, 0.1) is 0 Å². The molecular formula is C39H34BrN3O5S2. The molecule has 1 unspecified atom stereocenters. The van der Waals surface area contributed by atoms with Gasteiger partial charge in [-0.25, -0.2) is 4.79 Å². The van der Waals surface area contributed by atoms with Gasteiger partial charge < -0.3 is 20.7 Å². The van der Waals surface area contributed by atoms with Gasteiger partial charge >= 0.3 is 5.97 Å². The first-order chi connectivity index (χ1) is 24.2. The molecule has 0 fully saturated rings. The molecule has 3 N–H and O–H groups in total. The van der Waals surface area contributed by atoms with Crippen LogP contribution in [0.2, 0.25) is 0 Å². The summed E-state index contributed by atoms with van der Waals surface area (Å²) in [5, 5.41) is 10.4. The minimum Gasteiger partial charge on any atom is -0.462 e. The summed E-state index contributed by atoms with van der Waals surface area (Å²) in [5.41, 5.74) is 3.54. The average Bonchev–Trinajstić information content (AvgIpc) is 3.54. The number of thiophene rings is 1. The fourth-order valence-electron chi connectivity index (χ4n) is 4.92. The number of benzene rings is 4. The van der Waals surface area contributed by atoms with Gasteiger partial charge in [-0.2, -0.15) is 0 Å². The lowest BCUT2D eigenvalue weighted by Crippen LogP contribution is -2.30. The molecule has 0 saturated heterocycles. The van der Waals surface area contributed by atoms with Crippen LogP contribution in [0.1, 0.15) is 46.5 Å². The van der Waals surface area contributed by atoms with Crippen molar-refractivity contribution in [2.45, 2.75) is 30.4 Å². The summed E-state index contributed by atoms with van der Waals surface area (Å²) in [4.78, 5) is 54.0. The van der Waals surface area contributed by atoms with Gasteiger partial charge in [0, 0.05) is 31.6 Å². The van der Waals surface area contributed by atoms with Crippen LogP contribution >= 0.6 is 39.0 Å². The molecule has 0 bridgehead atoms. The predicted molar refractivity (Wildman–Crippen MR) is 205 cm³/mol. The van der Waals surface area contributed by atoms with E-state index in [9.17, 15) is 19.2 Å². The van der Waals surface area contributed by atoms with Gasteiger partial charge in [0.2, 0.25) is 5.91 Å². The number of carbonyl (C=O) groups is 4. The molecule has 3 amide bonds. The number of amides is 3. The number of ether oxygens (including phenoxy) is 1. The topological polar surface area (TPSA) is 114 Å². The maximum absolute atomic E-state index is 13.6.